The van der Waals surface area contributed by atoms with E-state index in [0.717, 1.165) is 12.8 Å². The van der Waals surface area contributed by atoms with Gasteiger partial charge in [-0.15, -0.1) is 10.2 Å². The van der Waals surface area contributed by atoms with Crippen molar-refractivity contribution in [3.63, 3.8) is 0 Å². The minimum Gasteiger partial charge on any atom is -0.422 e. The van der Waals surface area contributed by atoms with Gasteiger partial charge >= 0.3 is 0 Å². The predicted molar refractivity (Wildman–Crippen MR) is 64.7 cm³/mol. The lowest BCUT2D eigenvalue weighted by molar-refractivity contribution is 0.0892. The Balaban J connectivity index is 1.52. The average molecular weight is 278 g/mol. The van der Waals surface area contributed by atoms with Gasteiger partial charge in [-0.3, -0.25) is 4.79 Å². The molecule has 0 aliphatic heterocycles. The lowest BCUT2D eigenvalue weighted by Gasteiger charge is -2.33. The van der Waals surface area contributed by atoms with Crippen LogP contribution >= 0.6 is 0 Å². The highest BCUT2D eigenvalue weighted by Crippen LogP contribution is 2.36. The predicted octanol–water partition coefficient (Wildman–Crippen LogP) is 0.787. The van der Waals surface area contributed by atoms with E-state index in [1.165, 1.54) is 12.3 Å². The van der Waals surface area contributed by atoms with Crippen LogP contribution in [-0.2, 0) is 0 Å². The lowest BCUT2D eigenvalue weighted by atomic mass is 9.80. The first-order chi connectivity index (χ1) is 9.63. The van der Waals surface area contributed by atoms with Gasteiger partial charge in [0.05, 0.1) is 0 Å². The van der Waals surface area contributed by atoms with Crippen molar-refractivity contribution >= 4 is 5.91 Å². The molecule has 8 nitrogen and oxygen atoms in total. The molecule has 0 bridgehead atoms. The van der Waals surface area contributed by atoms with Crippen LogP contribution in [0.2, 0.25) is 0 Å². The van der Waals surface area contributed by atoms with Gasteiger partial charge in [0, 0.05) is 18.0 Å². The van der Waals surface area contributed by atoms with E-state index in [0.29, 0.717) is 5.89 Å². The number of nitrogens with one attached hydrogen (secondary N) is 1. The first-order valence-corrected chi connectivity index (χ1v) is 6.36. The molecular formula is C12H14N4O4. The highest BCUT2D eigenvalue weighted by atomic mass is 16.5. The fraction of sp³-hybridized carbons (Fsp3) is 0.500. The van der Waals surface area contributed by atoms with Crippen molar-refractivity contribution in [2.45, 2.75) is 37.8 Å². The number of aliphatic hydroxyl groups excluding tert-OH is 1. The molecule has 2 heterocycles. The highest BCUT2D eigenvalue weighted by molar-refractivity contribution is 5.92. The number of carbonyl (C=O) groups is 1. The summed E-state index contributed by atoms with van der Waals surface area (Å²) in [5.41, 5.74) is 0.266. The fourth-order valence-corrected chi connectivity index (χ4v) is 2.11. The van der Waals surface area contributed by atoms with Crippen LogP contribution in [0.15, 0.2) is 21.3 Å². The Morgan fingerprint density at radius 2 is 2.30 bits per heavy atom. The zero-order valence-corrected chi connectivity index (χ0v) is 10.8. The number of aliphatic hydroxyl groups is 1. The molecule has 3 rings (SSSR count). The van der Waals surface area contributed by atoms with Crippen LogP contribution in [-0.4, -0.2) is 32.4 Å². The molecule has 1 aliphatic carbocycles. The number of carbonyl (C=O) groups excluding carboxylic acids is 1. The molecule has 0 radical (unpaired) electrons. The van der Waals surface area contributed by atoms with Crippen LogP contribution in [0.4, 0.5) is 0 Å². The Hall–Kier alpha value is -2.22. The fourth-order valence-electron chi connectivity index (χ4n) is 2.11. The molecule has 0 saturated heterocycles. The van der Waals surface area contributed by atoms with Crippen LogP contribution in [0.25, 0.3) is 0 Å². The monoisotopic (exact) mass is 278 g/mol. The van der Waals surface area contributed by atoms with Crippen molar-refractivity contribution < 1.29 is 18.8 Å². The molecule has 0 spiro atoms. The maximum atomic E-state index is 11.7. The largest absolute Gasteiger partial charge is 0.422 e. The van der Waals surface area contributed by atoms with Crippen LogP contribution in [0.5, 0.6) is 0 Å². The number of amides is 1. The molecule has 1 saturated carbocycles. The molecule has 8 heteroatoms. The first-order valence-electron chi connectivity index (χ1n) is 6.36. The lowest BCUT2D eigenvalue weighted by Crippen LogP contribution is -2.43. The molecule has 2 aromatic rings. The van der Waals surface area contributed by atoms with Gasteiger partial charge in [-0.2, -0.15) is 0 Å². The summed E-state index contributed by atoms with van der Waals surface area (Å²) in [6.45, 7) is 1.57. The summed E-state index contributed by atoms with van der Waals surface area (Å²) in [6, 6.07) is 1.57. The van der Waals surface area contributed by atoms with E-state index in [4.69, 9.17) is 4.42 Å². The smallest absolute Gasteiger partial charge is 0.273 e. The van der Waals surface area contributed by atoms with Gasteiger partial charge in [-0.25, -0.2) is 0 Å². The Morgan fingerprint density at radius 3 is 2.90 bits per heavy atom. The maximum Gasteiger partial charge on any atom is 0.273 e. The first kappa shape index (κ1) is 12.8. The standard InChI is InChI=1S/C12H14N4O4/c1-6(17)11-14-15-12(20-11)7-4-8(5-7)13-10(18)9-2-3-19-16-9/h2-3,6-8,17H,4-5H2,1H3,(H,13,18)/t6-,7?,8?/m1/s1. The summed E-state index contributed by atoms with van der Waals surface area (Å²) in [7, 11) is 0. The molecule has 1 aliphatic rings. The van der Waals surface area contributed by atoms with Gasteiger partial charge in [-0.1, -0.05) is 5.16 Å². The van der Waals surface area contributed by atoms with Crippen molar-refractivity contribution in [1.82, 2.24) is 20.7 Å². The molecule has 2 N–H and O–H groups in total. The number of hydrogen-bond donors (Lipinski definition) is 2. The van der Waals surface area contributed by atoms with Gasteiger partial charge < -0.3 is 19.4 Å². The zero-order valence-electron chi connectivity index (χ0n) is 10.8. The molecule has 0 aromatic carbocycles. The summed E-state index contributed by atoms with van der Waals surface area (Å²) >= 11 is 0. The molecule has 2 aromatic heterocycles. The van der Waals surface area contributed by atoms with Gasteiger partial charge in [0.1, 0.15) is 12.4 Å². The number of hydrogen-bond acceptors (Lipinski definition) is 7. The van der Waals surface area contributed by atoms with Crippen molar-refractivity contribution in [1.29, 1.82) is 0 Å². The van der Waals surface area contributed by atoms with E-state index in [1.807, 2.05) is 0 Å². The molecule has 0 unspecified atom stereocenters. The van der Waals surface area contributed by atoms with Crippen molar-refractivity contribution in [3.8, 4) is 0 Å². The Bertz CT molecular complexity index is 586. The third-order valence-corrected chi connectivity index (χ3v) is 3.31. The summed E-state index contributed by atoms with van der Waals surface area (Å²) in [5, 5.41) is 23.4. The molecule has 1 amide bonds. The van der Waals surface area contributed by atoms with Gasteiger partial charge in [0.15, 0.2) is 5.69 Å². The van der Waals surface area contributed by atoms with Crippen LogP contribution < -0.4 is 5.32 Å². The zero-order chi connectivity index (χ0) is 14.1. The second-order valence-corrected chi connectivity index (χ2v) is 4.88. The van der Waals surface area contributed by atoms with E-state index in [1.54, 1.807) is 6.92 Å². The van der Waals surface area contributed by atoms with E-state index >= 15 is 0 Å². The van der Waals surface area contributed by atoms with E-state index in [-0.39, 0.29) is 29.5 Å². The Morgan fingerprint density at radius 1 is 1.50 bits per heavy atom. The molecule has 106 valence electrons. The van der Waals surface area contributed by atoms with Crippen LogP contribution in [0.1, 0.15) is 54.1 Å². The average Bonchev–Trinajstić information content (AvgIpc) is 3.03. The number of nitrogens with zero attached hydrogens (tertiary/aromatic N) is 3. The van der Waals surface area contributed by atoms with E-state index in [9.17, 15) is 9.90 Å². The second kappa shape index (κ2) is 5.04. The highest BCUT2D eigenvalue weighted by Gasteiger charge is 2.35. The quantitative estimate of drug-likeness (QED) is 0.849. The normalized spacial score (nSPS) is 23.1. The summed E-state index contributed by atoms with van der Waals surface area (Å²) < 4.78 is 9.98. The molecule has 20 heavy (non-hydrogen) atoms. The third kappa shape index (κ3) is 2.42. The van der Waals surface area contributed by atoms with E-state index < -0.39 is 6.10 Å². The molecule has 1 atom stereocenters. The minimum atomic E-state index is -0.765. The van der Waals surface area contributed by atoms with Gasteiger partial charge in [-0.05, 0) is 19.8 Å². The molecule has 1 fully saturated rings. The summed E-state index contributed by atoms with van der Waals surface area (Å²) in [5.74, 6) is 0.595. The van der Waals surface area contributed by atoms with E-state index in [2.05, 4.69) is 25.2 Å². The Kier molecular flexibility index (Phi) is 3.23. The second-order valence-electron chi connectivity index (χ2n) is 4.88. The summed E-state index contributed by atoms with van der Waals surface area (Å²) in [4.78, 5) is 11.7. The van der Waals surface area contributed by atoms with Gasteiger partial charge in [0.2, 0.25) is 11.8 Å². The van der Waals surface area contributed by atoms with Crippen molar-refractivity contribution in [2.75, 3.05) is 0 Å². The van der Waals surface area contributed by atoms with Crippen molar-refractivity contribution in [2.24, 2.45) is 0 Å². The Labute approximate surface area is 114 Å². The van der Waals surface area contributed by atoms with Crippen LogP contribution in [0.3, 0.4) is 0 Å². The maximum absolute atomic E-state index is 11.7. The third-order valence-electron chi connectivity index (χ3n) is 3.31. The number of rotatable bonds is 4. The SMILES string of the molecule is C[C@@H](O)c1nnc(C2CC(NC(=O)c3ccon3)C2)o1. The summed E-state index contributed by atoms with van der Waals surface area (Å²) in [6.07, 6.45) is 2.05. The van der Waals surface area contributed by atoms with Crippen molar-refractivity contribution in [3.05, 3.63) is 29.8 Å². The number of aromatic nitrogens is 3. The molecular weight excluding hydrogens is 264 g/mol. The minimum absolute atomic E-state index is 0.0612. The topological polar surface area (TPSA) is 114 Å². The van der Waals surface area contributed by atoms with Gasteiger partial charge in [0.25, 0.3) is 5.91 Å². The van der Waals surface area contributed by atoms with Crippen LogP contribution in [0, 0.1) is 0 Å².